The number of hydrogen-bond donors (Lipinski definition) is 0. The Morgan fingerprint density at radius 3 is 0.966 bits per heavy atom. The standard InChI is InChI=1S/C38H53F5O15/c39-32-33(40)35(42)37(36(43)34(32)41)58-31(44)6-7-46-8-9-47-10-11-48-12-13-49-14-15-50-16-17-51-18-19-52-20-21-53-22-23-54-24-25-55-26-27-56-28-29-57-38(45)30-4-2-1-3-5-30/h1-5H,6-29H2. The Morgan fingerprint density at radius 2 is 0.638 bits per heavy atom. The van der Waals surface area contributed by atoms with Gasteiger partial charge in [0.25, 0.3) is 0 Å². The number of carbonyl (C=O) groups excluding carboxylic acids is 2. The van der Waals surface area contributed by atoms with E-state index in [4.69, 9.17) is 56.8 Å². The zero-order valence-corrected chi connectivity index (χ0v) is 32.4. The molecule has 0 heterocycles. The SMILES string of the molecule is O=C(CCOCCOCCOCCOCCOCCOCCOCCOCCOCCOCCOCCOC(=O)c1ccccc1)Oc1c(F)c(F)c(F)c(F)c1F. The van der Waals surface area contributed by atoms with Crippen LogP contribution in [-0.2, 0) is 61.6 Å². The fraction of sp³-hybridized carbons (Fsp3) is 0.632. The van der Waals surface area contributed by atoms with E-state index in [9.17, 15) is 31.5 Å². The third kappa shape index (κ3) is 24.5. The first-order chi connectivity index (χ1) is 28.3. The maximum Gasteiger partial charge on any atom is 0.338 e. The first kappa shape index (κ1) is 50.7. The zero-order chi connectivity index (χ0) is 41.9. The predicted octanol–water partition coefficient (Wildman–Crippen LogP) is 3.72. The Bertz CT molecular complexity index is 1330. The Balaban J connectivity index is 1.19. The molecule has 0 amide bonds. The highest BCUT2D eigenvalue weighted by Gasteiger charge is 2.28. The van der Waals surface area contributed by atoms with Crippen LogP contribution in [0.2, 0.25) is 0 Å². The minimum Gasteiger partial charge on any atom is -0.460 e. The fourth-order valence-corrected chi connectivity index (χ4v) is 4.15. The van der Waals surface area contributed by atoms with E-state index in [2.05, 4.69) is 4.74 Å². The number of halogens is 5. The third-order valence-electron chi connectivity index (χ3n) is 7.03. The number of hydrogen-bond acceptors (Lipinski definition) is 15. The normalized spacial score (nSPS) is 11.3. The first-order valence-electron chi connectivity index (χ1n) is 18.6. The lowest BCUT2D eigenvalue weighted by Crippen LogP contribution is -2.16. The molecule has 0 N–H and O–H groups in total. The molecule has 0 saturated carbocycles. The quantitative estimate of drug-likeness (QED) is 0.0241. The van der Waals surface area contributed by atoms with E-state index in [1.54, 1.807) is 24.3 Å². The van der Waals surface area contributed by atoms with E-state index >= 15 is 0 Å². The summed E-state index contributed by atoms with van der Waals surface area (Å²) in [5, 5.41) is 0. The van der Waals surface area contributed by atoms with Gasteiger partial charge in [-0.15, -0.1) is 0 Å². The molecule has 0 aliphatic carbocycles. The van der Waals surface area contributed by atoms with Crippen LogP contribution in [0.1, 0.15) is 16.8 Å². The summed E-state index contributed by atoms with van der Waals surface area (Å²) in [7, 11) is 0. The number of benzene rings is 2. The van der Waals surface area contributed by atoms with Crippen LogP contribution < -0.4 is 4.74 Å². The summed E-state index contributed by atoms with van der Waals surface area (Å²) in [6.07, 6.45) is -0.493. The molecule has 0 aliphatic rings. The molecule has 0 radical (unpaired) electrons. The van der Waals surface area contributed by atoms with Crippen molar-refractivity contribution >= 4 is 11.9 Å². The zero-order valence-electron chi connectivity index (χ0n) is 32.4. The maximum atomic E-state index is 13.6. The number of ether oxygens (including phenoxy) is 13. The Labute approximate surface area is 334 Å². The summed E-state index contributed by atoms with van der Waals surface area (Å²) in [5.41, 5.74) is 0.505. The van der Waals surface area contributed by atoms with Crippen LogP contribution in [0.5, 0.6) is 5.75 Å². The van der Waals surface area contributed by atoms with Crippen molar-refractivity contribution in [3.8, 4) is 5.75 Å². The number of rotatable bonds is 38. The lowest BCUT2D eigenvalue weighted by atomic mass is 10.2. The van der Waals surface area contributed by atoms with Crippen molar-refractivity contribution in [2.24, 2.45) is 0 Å². The van der Waals surface area contributed by atoms with Gasteiger partial charge in [0.05, 0.1) is 157 Å². The van der Waals surface area contributed by atoms with Crippen molar-refractivity contribution in [3.63, 3.8) is 0 Å². The monoisotopic (exact) mass is 844 g/mol. The van der Waals surface area contributed by atoms with E-state index < -0.39 is 47.2 Å². The second-order valence-electron chi connectivity index (χ2n) is 11.4. The van der Waals surface area contributed by atoms with Gasteiger partial charge in [0.1, 0.15) is 6.61 Å². The van der Waals surface area contributed by atoms with Gasteiger partial charge in [-0.1, -0.05) is 18.2 Å². The van der Waals surface area contributed by atoms with Crippen LogP contribution in [0.3, 0.4) is 0 Å². The maximum absolute atomic E-state index is 13.6. The van der Waals surface area contributed by atoms with Gasteiger partial charge in [-0.05, 0) is 12.1 Å². The molecule has 0 spiro atoms. The minimum absolute atomic E-state index is 0.0735. The Kier molecular flexibility index (Phi) is 30.1. The molecule has 58 heavy (non-hydrogen) atoms. The number of esters is 2. The highest BCUT2D eigenvalue weighted by Crippen LogP contribution is 2.29. The van der Waals surface area contributed by atoms with Gasteiger partial charge in [-0.2, -0.15) is 8.78 Å². The molecular weight excluding hydrogens is 791 g/mol. The molecule has 20 heteroatoms. The minimum atomic E-state index is -2.35. The fourth-order valence-electron chi connectivity index (χ4n) is 4.15. The van der Waals surface area contributed by atoms with E-state index in [1.807, 2.05) is 6.07 Å². The molecule has 0 fully saturated rings. The van der Waals surface area contributed by atoms with Crippen molar-refractivity contribution in [1.29, 1.82) is 0 Å². The van der Waals surface area contributed by atoms with Gasteiger partial charge in [-0.3, -0.25) is 4.79 Å². The molecular formula is C38H53F5O15. The van der Waals surface area contributed by atoms with Crippen molar-refractivity contribution in [3.05, 3.63) is 65.0 Å². The second-order valence-corrected chi connectivity index (χ2v) is 11.4. The molecule has 15 nitrogen and oxygen atoms in total. The first-order valence-corrected chi connectivity index (χ1v) is 18.6. The van der Waals surface area contributed by atoms with Gasteiger partial charge in [-0.25, -0.2) is 18.0 Å². The van der Waals surface area contributed by atoms with Crippen LogP contribution >= 0.6 is 0 Å². The molecule has 0 unspecified atom stereocenters. The van der Waals surface area contributed by atoms with E-state index in [0.29, 0.717) is 124 Å². The third-order valence-corrected chi connectivity index (χ3v) is 7.03. The molecule has 0 aromatic heterocycles. The van der Waals surface area contributed by atoms with E-state index in [0.717, 1.165) is 0 Å². The summed E-state index contributed by atoms with van der Waals surface area (Å²) in [6, 6.07) is 8.77. The van der Waals surface area contributed by atoms with Gasteiger partial charge in [0, 0.05) is 0 Å². The summed E-state index contributed by atoms with van der Waals surface area (Å²) in [5.74, 6) is -14.5. The lowest BCUT2D eigenvalue weighted by molar-refractivity contribution is -0.136. The molecule has 0 atom stereocenters. The lowest BCUT2D eigenvalue weighted by Gasteiger charge is -2.09. The van der Waals surface area contributed by atoms with Gasteiger partial charge in [0.15, 0.2) is 0 Å². The molecule has 0 bridgehead atoms. The van der Waals surface area contributed by atoms with E-state index in [-0.39, 0.29) is 39.0 Å². The van der Waals surface area contributed by atoms with Crippen LogP contribution in [0.4, 0.5) is 22.0 Å². The van der Waals surface area contributed by atoms with Gasteiger partial charge >= 0.3 is 11.9 Å². The molecule has 2 rings (SSSR count). The smallest absolute Gasteiger partial charge is 0.338 e. The number of carbonyl (C=O) groups is 2. The summed E-state index contributed by atoms with van der Waals surface area (Å²) >= 11 is 0. The topological polar surface area (TPSA) is 154 Å². The Hall–Kier alpha value is -3.41. The molecule has 330 valence electrons. The van der Waals surface area contributed by atoms with E-state index in [1.165, 1.54) is 0 Å². The molecule has 2 aromatic carbocycles. The second kappa shape index (κ2) is 34.5. The molecule has 0 aliphatic heterocycles. The van der Waals surface area contributed by atoms with Crippen molar-refractivity contribution in [1.82, 2.24) is 0 Å². The van der Waals surface area contributed by atoms with Gasteiger partial charge in [0.2, 0.25) is 34.8 Å². The average Bonchev–Trinajstić information content (AvgIpc) is 3.23. The van der Waals surface area contributed by atoms with Crippen LogP contribution in [0, 0.1) is 29.1 Å². The summed E-state index contributed by atoms with van der Waals surface area (Å²) in [6.45, 7) is 7.70. The summed E-state index contributed by atoms with van der Waals surface area (Å²) in [4.78, 5) is 23.5. The molecule has 0 saturated heterocycles. The van der Waals surface area contributed by atoms with Crippen LogP contribution in [-0.4, -0.2) is 164 Å². The predicted molar refractivity (Wildman–Crippen MR) is 192 cm³/mol. The largest absolute Gasteiger partial charge is 0.460 e. The van der Waals surface area contributed by atoms with Crippen molar-refractivity contribution in [2.75, 3.05) is 152 Å². The van der Waals surface area contributed by atoms with Crippen molar-refractivity contribution in [2.45, 2.75) is 6.42 Å². The van der Waals surface area contributed by atoms with Gasteiger partial charge < -0.3 is 61.6 Å². The molecule has 2 aromatic rings. The highest BCUT2D eigenvalue weighted by atomic mass is 19.2. The van der Waals surface area contributed by atoms with Crippen LogP contribution in [0.25, 0.3) is 0 Å². The Morgan fingerprint density at radius 1 is 0.362 bits per heavy atom. The van der Waals surface area contributed by atoms with Crippen molar-refractivity contribution < 1.29 is 93.1 Å². The average molecular weight is 845 g/mol. The van der Waals surface area contributed by atoms with Crippen LogP contribution in [0.15, 0.2) is 30.3 Å². The summed E-state index contributed by atoms with van der Waals surface area (Å²) < 4.78 is 135. The highest BCUT2D eigenvalue weighted by molar-refractivity contribution is 5.89.